The molecule has 17 heavy (non-hydrogen) atoms. The van der Waals surface area contributed by atoms with Gasteiger partial charge in [-0.05, 0) is 37.2 Å². The zero-order valence-corrected chi connectivity index (χ0v) is 10.9. The van der Waals surface area contributed by atoms with Gasteiger partial charge in [-0.3, -0.25) is 4.79 Å². The fraction of sp³-hybridized carbons (Fsp3) is 0.727. The first-order chi connectivity index (χ1) is 8.29. The van der Waals surface area contributed by atoms with Crippen LogP contribution in [-0.2, 0) is 6.42 Å². The normalized spacial score (nSPS) is 10.5. The van der Waals surface area contributed by atoms with Crippen molar-refractivity contribution in [1.29, 1.82) is 0 Å². The van der Waals surface area contributed by atoms with Crippen LogP contribution in [0.1, 0.15) is 48.0 Å². The van der Waals surface area contributed by atoms with Gasteiger partial charge in [0.15, 0.2) is 0 Å². The number of aryl methyl sites for hydroxylation is 1. The molecule has 1 heterocycles. The Bertz CT molecular complexity index is 341. The van der Waals surface area contributed by atoms with Gasteiger partial charge in [0, 0.05) is 13.2 Å². The Balaban J connectivity index is 2.33. The van der Waals surface area contributed by atoms with Crippen molar-refractivity contribution in [1.82, 2.24) is 14.9 Å². The molecule has 0 aliphatic carbocycles. The molecule has 0 saturated heterocycles. The molecule has 1 rings (SSSR count). The molecule has 5 nitrogen and oxygen atoms in total. The average Bonchev–Trinajstić information content (AvgIpc) is 2.77. The highest BCUT2D eigenvalue weighted by Crippen LogP contribution is 2.12. The van der Waals surface area contributed by atoms with Crippen molar-refractivity contribution in [3.05, 3.63) is 10.6 Å². The summed E-state index contributed by atoms with van der Waals surface area (Å²) < 4.78 is 3.82. The molecule has 1 amide bonds. The SMILES string of the molecule is CCCc1nnsc1C(=O)NCCCCCO. The van der Waals surface area contributed by atoms with Crippen molar-refractivity contribution in [3.8, 4) is 0 Å². The smallest absolute Gasteiger partial charge is 0.264 e. The van der Waals surface area contributed by atoms with Gasteiger partial charge in [-0.15, -0.1) is 5.10 Å². The fourth-order valence-electron chi connectivity index (χ4n) is 1.48. The molecule has 96 valence electrons. The lowest BCUT2D eigenvalue weighted by Crippen LogP contribution is -2.24. The van der Waals surface area contributed by atoms with Crippen molar-refractivity contribution in [2.45, 2.75) is 39.0 Å². The van der Waals surface area contributed by atoms with Crippen LogP contribution in [0.5, 0.6) is 0 Å². The summed E-state index contributed by atoms with van der Waals surface area (Å²) in [5, 5.41) is 15.4. The highest BCUT2D eigenvalue weighted by atomic mass is 32.1. The number of aliphatic hydroxyl groups excluding tert-OH is 1. The maximum absolute atomic E-state index is 11.8. The summed E-state index contributed by atoms with van der Waals surface area (Å²) >= 11 is 1.15. The van der Waals surface area contributed by atoms with Crippen LogP contribution in [0.25, 0.3) is 0 Å². The molecule has 0 aromatic carbocycles. The summed E-state index contributed by atoms with van der Waals surface area (Å²) in [5.74, 6) is -0.0764. The Labute approximate surface area is 105 Å². The Morgan fingerprint density at radius 2 is 2.24 bits per heavy atom. The number of nitrogens with zero attached hydrogens (tertiary/aromatic N) is 2. The van der Waals surface area contributed by atoms with Crippen LogP contribution in [0.15, 0.2) is 0 Å². The molecular weight excluding hydrogens is 238 g/mol. The number of nitrogens with one attached hydrogen (secondary N) is 1. The maximum atomic E-state index is 11.8. The van der Waals surface area contributed by atoms with Gasteiger partial charge in [-0.1, -0.05) is 17.8 Å². The van der Waals surface area contributed by atoms with Crippen LogP contribution in [0.4, 0.5) is 0 Å². The van der Waals surface area contributed by atoms with E-state index in [-0.39, 0.29) is 12.5 Å². The lowest BCUT2D eigenvalue weighted by atomic mass is 10.2. The Kier molecular flexibility index (Phi) is 6.73. The zero-order chi connectivity index (χ0) is 12.5. The van der Waals surface area contributed by atoms with Crippen molar-refractivity contribution < 1.29 is 9.90 Å². The van der Waals surface area contributed by atoms with E-state index in [9.17, 15) is 4.79 Å². The third kappa shape index (κ3) is 4.79. The highest BCUT2D eigenvalue weighted by Gasteiger charge is 2.14. The van der Waals surface area contributed by atoms with E-state index in [0.717, 1.165) is 49.3 Å². The molecule has 0 aliphatic rings. The standard InChI is InChI=1S/C11H19N3O2S/c1-2-6-9-10(17-14-13-9)11(16)12-7-4-3-5-8-15/h15H,2-8H2,1H3,(H,12,16). The van der Waals surface area contributed by atoms with Crippen LogP contribution in [0.2, 0.25) is 0 Å². The van der Waals surface area contributed by atoms with Crippen LogP contribution in [0.3, 0.4) is 0 Å². The van der Waals surface area contributed by atoms with Gasteiger partial charge in [-0.2, -0.15) is 0 Å². The van der Waals surface area contributed by atoms with Gasteiger partial charge in [0.05, 0.1) is 5.69 Å². The Morgan fingerprint density at radius 3 is 2.94 bits per heavy atom. The van der Waals surface area contributed by atoms with Crippen LogP contribution in [-0.4, -0.2) is 33.8 Å². The lowest BCUT2D eigenvalue weighted by molar-refractivity contribution is 0.0956. The number of amides is 1. The second-order valence-electron chi connectivity index (χ2n) is 3.84. The fourth-order valence-corrected chi connectivity index (χ4v) is 2.10. The molecule has 6 heteroatoms. The van der Waals surface area contributed by atoms with E-state index in [2.05, 4.69) is 21.8 Å². The van der Waals surface area contributed by atoms with E-state index in [1.165, 1.54) is 0 Å². The molecule has 1 aromatic heterocycles. The maximum Gasteiger partial charge on any atom is 0.264 e. The van der Waals surface area contributed by atoms with E-state index in [1.807, 2.05) is 0 Å². The number of carbonyl (C=O) groups is 1. The molecule has 0 fully saturated rings. The predicted molar refractivity (Wildman–Crippen MR) is 67.2 cm³/mol. The van der Waals surface area contributed by atoms with Gasteiger partial charge in [0.25, 0.3) is 5.91 Å². The summed E-state index contributed by atoms with van der Waals surface area (Å²) in [6.07, 6.45) is 4.37. The molecule has 2 N–H and O–H groups in total. The van der Waals surface area contributed by atoms with Crippen molar-refractivity contribution in [3.63, 3.8) is 0 Å². The summed E-state index contributed by atoms with van der Waals surface area (Å²) in [7, 11) is 0. The lowest BCUT2D eigenvalue weighted by Gasteiger charge is -2.03. The highest BCUT2D eigenvalue weighted by molar-refractivity contribution is 7.08. The molecule has 0 saturated carbocycles. The molecule has 0 atom stereocenters. The largest absolute Gasteiger partial charge is 0.396 e. The minimum absolute atomic E-state index is 0.0764. The summed E-state index contributed by atoms with van der Waals surface area (Å²) in [5.41, 5.74) is 0.797. The number of aromatic nitrogens is 2. The summed E-state index contributed by atoms with van der Waals surface area (Å²) in [6, 6.07) is 0. The molecule has 1 aromatic rings. The van der Waals surface area contributed by atoms with E-state index in [0.29, 0.717) is 11.4 Å². The van der Waals surface area contributed by atoms with E-state index in [1.54, 1.807) is 0 Å². The first-order valence-electron chi connectivity index (χ1n) is 5.99. The first-order valence-corrected chi connectivity index (χ1v) is 6.77. The quantitative estimate of drug-likeness (QED) is 0.690. The second-order valence-corrected chi connectivity index (χ2v) is 4.59. The molecule has 0 radical (unpaired) electrons. The third-order valence-electron chi connectivity index (χ3n) is 2.37. The van der Waals surface area contributed by atoms with Crippen molar-refractivity contribution >= 4 is 17.4 Å². The predicted octanol–water partition coefficient (Wildman–Crippen LogP) is 1.38. The van der Waals surface area contributed by atoms with Crippen molar-refractivity contribution in [2.24, 2.45) is 0 Å². The van der Waals surface area contributed by atoms with Gasteiger partial charge in [0.2, 0.25) is 0 Å². The van der Waals surface area contributed by atoms with E-state index < -0.39 is 0 Å². The summed E-state index contributed by atoms with van der Waals surface area (Å²) in [4.78, 5) is 12.4. The zero-order valence-electron chi connectivity index (χ0n) is 10.1. The van der Waals surface area contributed by atoms with Crippen LogP contribution >= 0.6 is 11.5 Å². The van der Waals surface area contributed by atoms with E-state index in [4.69, 9.17) is 5.11 Å². The Hall–Kier alpha value is -1.01. The first kappa shape index (κ1) is 14.1. The minimum Gasteiger partial charge on any atom is -0.396 e. The number of unbranched alkanes of at least 4 members (excludes halogenated alkanes) is 2. The molecule has 0 bridgehead atoms. The van der Waals surface area contributed by atoms with E-state index >= 15 is 0 Å². The average molecular weight is 257 g/mol. The minimum atomic E-state index is -0.0764. The molecule has 0 spiro atoms. The van der Waals surface area contributed by atoms with Gasteiger partial charge >= 0.3 is 0 Å². The van der Waals surface area contributed by atoms with Gasteiger partial charge in [-0.25, -0.2) is 0 Å². The van der Waals surface area contributed by atoms with Crippen molar-refractivity contribution in [2.75, 3.05) is 13.2 Å². The second kappa shape index (κ2) is 8.14. The number of hydrogen-bond donors (Lipinski definition) is 2. The molecule has 0 aliphatic heterocycles. The molecule has 0 unspecified atom stereocenters. The number of aliphatic hydroxyl groups is 1. The Morgan fingerprint density at radius 1 is 1.41 bits per heavy atom. The van der Waals surface area contributed by atoms with Crippen LogP contribution in [0, 0.1) is 0 Å². The monoisotopic (exact) mass is 257 g/mol. The number of carbonyl (C=O) groups excluding carboxylic acids is 1. The number of hydrogen-bond acceptors (Lipinski definition) is 5. The molecular formula is C11H19N3O2S. The van der Waals surface area contributed by atoms with Crippen LogP contribution < -0.4 is 5.32 Å². The van der Waals surface area contributed by atoms with Gasteiger partial charge < -0.3 is 10.4 Å². The summed E-state index contributed by atoms with van der Waals surface area (Å²) in [6.45, 7) is 2.91. The topological polar surface area (TPSA) is 75.1 Å². The number of rotatable bonds is 8. The van der Waals surface area contributed by atoms with Gasteiger partial charge in [0.1, 0.15) is 4.88 Å². The third-order valence-corrected chi connectivity index (χ3v) is 3.14.